The predicted molar refractivity (Wildman–Crippen MR) is 90.2 cm³/mol. The third-order valence-corrected chi connectivity index (χ3v) is 5.05. The summed E-state index contributed by atoms with van der Waals surface area (Å²) in [6, 6.07) is 5.72. The number of nitriles is 1. The molecule has 0 aromatic carbocycles. The number of guanidine groups is 1. The summed E-state index contributed by atoms with van der Waals surface area (Å²) in [7, 11) is 0. The number of pyridine rings is 1. The van der Waals surface area contributed by atoms with Gasteiger partial charge in [0.1, 0.15) is 11.9 Å². The Balaban J connectivity index is 1.48. The number of aliphatic imine (C=N–C) groups is 2. The Hall–Kier alpha value is -2.82. The minimum Gasteiger partial charge on any atom is -0.355 e. The molecule has 8 heteroatoms. The molecule has 2 saturated heterocycles. The van der Waals surface area contributed by atoms with Gasteiger partial charge in [-0.1, -0.05) is 0 Å². The highest BCUT2D eigenvalue weighted by Gasteiger charge is 2.42. The van der Waals surface area contributed by atoms with Crippen molar-refractivity contribution in [3.8, 4) is 6.07 Å². The molecule has 3 aliphatic heterocycles. The number of anilines is 1. The van der Waals surface area contributed by atoms with E-state index < -0.39 is 12.1 Å². The van der Waals surface area contributed by atoms with Crippen LogP contribution in [0, 0.1) is 23.2 Å². The molecular weight excluding hydrogens is 323 g/mol. The number of alkyl halides is 1. The Labute approximate surface area is 144 Å². The molecule has 0 spiro atoms. The maximum absolute atomic E-state index is 13.5. The predicted octanol–water partition coefficient (Wildman–Crippen LogP) is 1.02. The van der Waals surface area contributed by atoms with Crippen molar-refractivity contribution in [3.05, 3.63) is 23.9 Å². The highest BCUT2D eigenvalue weighted by atomic mass is 19.1. The summed E-state index contributed by atoms with van der Waals surface area (Å²) >= 11 is 0. The lowest BCUT2D eigenvalue weighted by Gasteiger charge is -2.24. The van der Waals surface area contributed by atoms with Crippen LogP contribution in [-0.2, 0) is 4.79 Å². The van der Waals surface area contributed by atoms with Crippen molar-refractivity contribution in [1.82, 2.24) is 9.88 Å². The van der Waals surface area contributed by atoms with E-state index in [2.05, 4.69) is 25.9 Å². The van der Waals surface area contributed by atoms with Crippen molar-refractivity contribution in [1.29, 1.82) is 5.26 Å². The fourth-order valence-corrected chi connectivity index (χ4v) is 3.78. The third-order valence-electron chi connectivity index (χ3n) is 5.05. The molecule has 0 N–H and O–H groups in total. The molecule has 1 aromatic heterocycles. The Morgan fingerprint density at radius 3 is 2.52 bits per heavy atom. The number of hydrogen-bond acceptors (Lipinski definition) is 6. The molecule has 1 aromatic rings. The van der Waals surface area contributed by atoms with Crippen molar-refractivity contribution in [2.75, 3.05) is 31.1 Å². The van der Waals surface area contributed by atoms with E-state index in [1.807, 2.05) is 4.90 Å². The zero-order valence-electron chi connectivity index (χ0n) is 13.8. The minimum absolute atomic E-state index is 0.167. The highest BCUT2D eigenvalue weighted by Crippen LogP contribution is 2.34. The van der Waals surface area contributed by atoms with Crippen molar-refractivity contribution < 1.29 is 9.18 Å². The molecule has 25 heavy (non-hydrogen) atoms. The molecule has 3 atom stereocenters. The number of fused-ring (bicyclic) bond motifs is 1. The van der Waals surface area contributed by atoms with Crippen LogP contribution in [0.3, 0.4) is 0 Å². The van der Waals surface area contributed by atoms with E-state index in [4.69, 9.17) is 0 Å². The van der Waals surface area contributed by atoms with Crippen LogP contribution in [0.1, 0.15) is 12.5 Å². The first-order chi connectivity index (χ1) is 12.1. The Morgan fingerprint density at radius 2 is 1.88 bits per heavy atom. The van der Waals surface area contributed by atoms with Gasteiger partial charge in [-0.25, -0.2) is 14.4 Å². The monoisotopic (exact) mass is 340 g/mol. The van der Waals surface area contributed by atoms with E-state index in [0.717, 1.165) is 32.0 Å². The number of amides is 1. The number of carbonyl (C=O) groups excluding carboxylic acids is 1. The quantitative estimate of drug-likeness (QED) is 0.762. The van der Waals surface area contributed by atoms with Crippen LogP contribution in [0.2, 0.25) is 0 Å². The molecule has 1 amide bonds. The standard InChI is InChI=1S/C17H17FN6O/c1-10-14(18)16(25)22-17(21-10)24-8-12-6-23(7-13(12)9-24)15-11(5-19)3-2-4-20-15/h2-4,12-14H,6-9H2,1H3. The lowest BCUT2D eigenvalue weighted by Crippen LogP contribution is -2.38. The number of aromatic nitrogens is 1. The largest absolute Gasteiger partial charge is 0.355 e. The molecule has 0 saturated carbocycles. The van der Waals surface area contributed by atoms with Gasteiger partial charge in [-0.15, -0.1) is 0 Å². The number of likely N-dealkylation sites (tertiary alicyclic amines) is 1. The van der Waals surface area contributed by atoms with E-state index in [1.54, 1.807) is 18.3 Å². The number of nitrogens with zero attached hydrogens (tertiary/aromatic N) is 6. The highest BCUT2D eigenvalue weighted by molar-refractivity contribution is 6.16. The Bertz CT molecular complexity index is 815. The third kappa shape index (κ3) is 2.65. The number of rotatable bonds is 1. The van der Waals surface area contributed by atoms with E-state index in [9.17, 15) is 14.4 Å². The van der Waals surface area contributed by atoms with Crippen LogP contribution in [0.25, 0.3) is 0 Å². The molecule has 2 fully saturated rings. The molecule has 4 rings (SSSR count). The summed E-state index contributed by atoms with van der Waals surface area (Å²) in [5, 5.41) is 9.25. The van der Waals surface area contributed by atoms with Gasteiger partial charge in [-0.05, 0) is 19.1 Å². The van der Waals surface area contributed by atoms with Crippen LogP contribution in [0.5, 0.6) is 0 Å². The zero-order chi connectivity index (χ0) is 17.6. The summed E-state index contributed by atoms with van der Waals surface area (Å²) in [5.74, 6) is 1.04. The van der Waals surface area contributed by atoms with E-state index in [0.29, 0.717) is 23.4 Å². The maximum Gasteiger partial charge on any atom is 0.289 e. The lowest BCUT2D eigenvalue weighted by atomic mass is 10.0. The van der Waals surface area contributed by atoms with Crippen LogP contribution < -0.4 is 4.90 Å². The molecule has 0 radical (unpaired) electrons. The summed E-state index contributed by atoms with van der Waals surface area (Å²) < 4.78 is 13.5. The van der Waals surface area contributed by atoms with E-state index in [1.165, 1.54) is 6.92 Å². The molecule has 3 unspecified atom stereocenters. The topological polar surface area (TPSA) is 84.9 Å². The van der Waals surface area contributed by atoms with Gasteiger partial charge in [0.05, 0.1) is 11.3 Å². The van der Waals surface area contributed by atoms with Crippen molar-refractivity contribution in [3.63, 3.8) is 0 Å². The number of halogens is 1. The summed E-state index contributed by atoms with van der Waals surface area (Å²) in [6.07, 6.45) is -0.0148. The van der Waals surface area contributed by atoms with Crippen LogP contribution in [0.15, 0.2) is 28.3 Å². The zero-order valence-corrected chi connectivity index (χ0v) is 13.8. The van der Waals surface area contributed by atoms with E-state index in [-0.39, 0.29) is 5.71 Å². The molecular formula is C17H17FN6O. The number of hydrogen-bond donors (Lipinski definition) is 0. The summed E-state index contributed by atoms with van der Waals surface area (Å²) in [4.78, 5) is 28.0. The van der Waals surface area contributed by atoms with Crippen molar-refractivity contribution in [2.45, 2.75) is 13.1 Å². The second kappa shape index (κ2) is 5.92. The first-order valence-corrected chi connectivity index (χ1v) is 8.23. The molecule has 7 nitrogen and oxygen atoms in total. The van der Waals surface area contributed by atoms with Gasteiger partial charge in [-0.2, -0.15) is 10.3 Å². The van der Waals surface area contributed by atoms with E-state index >= 15 is 0 Å². The van der Waals surface area contributed by atoms with Crippen molar-refractivity contribution in [2.24, 2.45) is 21.8 Å². The smallest absolute Gasteiger partial charge is 0.289 e. The molecule has 4 heterocycles. The fourth-order valence-electron chi connectivity index (χ4n) is 3.78. The Kier molecular flexibility index (Phi) is 3.71. The Morgan fingerprint density at radius 1 is 1.20 bits per heavy atom. The second-order valence-corrected chi connectivity index (χ2v) is 6.68. The normalized spacial score (nSPS) is 28.5. The van der Waals surface area contributed by atoms with Gasteiger partial charge < -0.3 is 9.80 Å². The molecule has 128 valence electrons. The van der Waals surface area contributed by atoms with Crippen LogP contribution in [-0.4, -0.2) is 59.8 Å². The second-order valence-electron chi connectivity index (χ2n) is 6.68. The van der Waals surface area contributed by atoms with Gasteiger partial charge in [0, 0.05) is 44.2 Å². The minimum atomic E-state index is -1.71. The fraction of sp³-hybridized carbons (Fsp3) is 0.471. The average Bonchev–Trinajstić information content (AvgIpc) is 3.18. The molecule has 0 aliphatic carbocycles. The average molecular weight is 340 g/mol. The summed E-state index contributed by atoms with van der Waals surface area (Å²) in [5.41, 5.74) is 0.747. The van der Waals surface area contributed by atoms with Gasteiger partial charge in [0.25, 0.3) is 5.91 Å². The van der Waals surface area contributed by atoms with Gasteiger partial charge in [-0.3, -0.25) is 4.79 Å². The van der Waals surface area contributed by atoms with Crippen molar-refractivity contribution >= 4 is 23.4 Å². The lowest BCUT2D eigenvalue weighted by molar-refractivity contribution is -0.120. The molecule has 0 bridgehead atoms. The number of carbonyl (C=O) groups is 1. The van der Waals surface area contributed by atoms with Crippen LogP contribution >= 0.6 is 0 Å². The summed E-state index contributed by atoms with van der Waals surface area (Å²) in [6.45, 7) is 4.54. The molecule has 3 aliphatic rings. The first-order valence-electron chi connectivity index (χ1n) is 8.23. The van der Waals surface area contributed by atoms with Gasteiger partial charge in [0.15, 0.2) is 0 Å². The van der Waals surface area contributed by atoms with Crippen LogP contribution in [0.4, 0.5) is 10.2 Å². The first kappa shape index (κ1) is 15.7. The SMILES string of the molecule is CC1=NC(N2CC3CN(c4ncccc4C#N)CC3C2)=NC(=O)C1F. The van der Waals surface area contributed by atoms with Gasteiger partial charge >= 0.3 is 0 Å². The maximum atomic E-state index is 13.5. The van der Waals surface area contributed by atoms with Gasteiger partial charge in [0.2, 0.25) is 12.1 Å².